The maximum absolute atomic E-state index is 12.3. The summed E-state index contributed by atoms with van der Waals surface area (Å²) in [5, 5.41) is 4.17. The van der Waals surface area contributed by atoms with Gasteiger partial charge in [0.05, 0.1) is 11.0 Å². The summed E-state index contributed by atoms with van der Waals surface area (Å²) in [6.45, 7) is 5.74. The molecule has 2 heterocycles. The number of hydrogen-bond acceptors (Lipinski definition) is 4. The summed E-state index contributed by atoms with van der Waals surface area (Å²) in [6.07, 6.45) is 15.1. The minimum Gasteiger partial charge on any atom is -0.382 e. The molecule has 6 nitrogen and oxygen atoms in total. The third kappa shape index (κ3) is 8.06. The Bertz CT molecular complexity index is 1360. The number of nitrogens with one attached hydrogen (secondary N) is 1. The first-order valence-corrected chi connectivity index (χ1v) is 15.5. The molecule has 6 heteroatoms. The Labute approximate surface area is 239 Å². The first kappa shape index (κ1) is 29.6. The predicted octanol–water partition coefficient (Wildman–Crippen LogP) is 8.09. The van der Waals surface area contributed by atoms with Crippen molar-refractivity contribution in [3.63, 3.8) is 0 Å². The second-order valence-corrected chi connectivity index (χ2v) is 11.1. The highest BCUT2D eigenvalue weighted by molar-refractivity contribution is 6.06. The van der Waals surface area contributed by atoms with E-state index in [0.717, 1.165) is 65.4 Å². The highest BCUT2D eigenvalue weighted by atomic mass is 16.1. The van der Waals surface area contributed by atoms with Gasteiger partial charge in [-0.2, -0.15) is 0 Å². The summed E-state index contributed by atoms with van der Waals surface area (Å²) in [6, 6.07) is 16.7. The van der Waals surface area contributed by atoms with Gasteiger partial charge >= 0.3 is 0 Å². The van der Waals surface area contributed by atoms with Gasteiger partial charge in [-0.1, -0.05) is 114 Å². The number of nitrogen functional groups attached to an aromatic ring is 1. The van der Waals surface area contributed by atoms with Crippen LogP contribution >= 0.6 is 0 Å². The van der Waals surface area contributed by atoms with E-state index < -0.39 is 0 Å². The van der Waals surface area contributed by atoms with E-state index in [-0.39, 0.29) is 5.91 Å². The van der Waals surface area contributed by atoms with Crippen molar-refractivity contribution in [1.82, 2.24) is 19.9 Å². The highest BCUT2D eigenvalue weighted by Crippen LogP contribution is 2.30. The lowest BCUT2D eigenvalue weighted by Gasteiger charge is -2.12. The van der Waals surface area contributed by atoms with Crippen LogP contribution in [0.15, 0.2) is 48.5 Å². The van der Waals surface area contributed by atoms with E-state index in [9.17, 15) is 4.79 Å². The number of nitrogens with two attached hydrogens (primary N) is 1. The van der Waals surface area contributed by atoms with Gasteiger partial charge in [0, 0.05) is 31.3 Å². The molecule has 0 saturated heterocycles. The second-order valence-electron chi connectivity index (χ2n) is 11.1. The minimum atomic E-state index is 0.149. The quantitative estimate of drug-likeness (QED) is 0.132. The number of aryl methyl sites for hydroxylation is 1. The zero-order valence-corrected chi connectivity index (χ0v) is 24.6. The van der Waals surface area contributed by atoms with Crippen molar-refractivity contribution in [1.29, 1.82) is 0 Å². The van der Waals surface area contributed by atoms with Crippen molar-refractivity contribution >= 4 is 33.7 Å². The number of pyridine rings is 1. The number of anilines is 1. The number of fused-ring (bicyclic) bond motifs is 3. The van der Waals surface area contributed by atoms with Gasteiger partial charge in [0.25, 0.3) is 0 Å². The molecule has 4 rings (SSSR count). The first-order chi connectivity index (χ1) is 19.6. The van der Waals surface area contributed by atoms with Crippen molar-refractivity contribution in [2.75, 3.05) is 5.73 Å². The van der Waals surface area contributed by atoms with E-state index in [2.05, 4.69) is 59.0 Å². The Morgan fingerprint density at radius 3 is 2.17 bits per heavy atom. The smallest absolute Gasteiger partial charge is 0.220 e. The SMILES string of the molecule is CCCCCCCCCCCC(=O)NCc1ccc(Cn2c(CCCC)nc3c(N)nc4ccccc4c32)cc1. The molecule has 1 amide bonds. The minimum absolute atomic E-state index is 0.149. The molecule has 0 spiro atoms. The Balaban J connectivity index is 1.33. The average molecular weight is 542 g/mol. The summed E-state index contributed by atoms with van der Waals surface area (Å²) in [7, 11) is 0. The number of amides is 1. The molecule has 0 atom stereocenters. The summed E-state index contributed by atoms with van der Waals surface area (Å²) in [5.41, 5.74) is 11.4. The fraction of sp³-hybridized carbons (Fsp3) is 0.500. The van der Waals surface area contributed by atoms with Crippen LogP contribution in [0.3, 0.4) is 0 Å². The van der Waals surface area contributed by atoms with Gasteiger partial charge in [-0.05, 0) is 30.0 Å². The average Bonchev–Trinajstić information content (AvgIpc) is 3.33. The largest absolute Gasteiger partial charge is 0.382 e. The molecule has 0 unspecified atom stereocenters. The number of carbonyl (C=O) groups is 1. The maximum atomic E-state index is 12.3. The van der Waals surface area contributed by atoms with Crippen LogP contribution in [0.2, 0.25) is 0 Å². The summed E-state index contributed by atoms with van der Waals surface area (Å²) >= 11 is 0. The third-order valence-corrected chi connectivity index (χ3v) is 7.80. The van der Waals surface area contributed by atoms with E-state index in [0.29, 0.717) is 25.3 Å². The maximum Gasteiger partial charge on any atom is 0.220 e. The molecule has 3 N–H and O–H groups in total. The van der Waals surface area contributed by atoms with Gasteiger partial charge in [-0.3, -0.25) is 4.79 Å². The second kappa shape index (κ2) is 15.4. The summed E-state index contributed by atoms with van der Waals surface area (Å²) in [5.74, 6) is 1.68. The lowest BCUT2D eigenvalue weighted by Crippen LogP contribution is -2.22. The monoisotopic (exact) mass is 541 g/mol. The van der Waals surface area contributed by atoms with Gasteiger partial charge in [-0.25, -0.2) is 9.97 Å². The molecule has 4 aromatic rings. The van der Waals surface area contributed by atoms with Crippen LogP contribution < -0.4 is 11.1 Å². The molecular weight excluding hydrogens is 494 g/mol. The molecule has 0 aliphatic rings. The Hall–Kier alpha value is -3.41. The van der Waals surface area contributed by atoms with E-state index in [1.807, 2.05) is 18.2 Å². The molecule has 40 heavy (non-hydrogen) atoms. The van der Waals surface area contributed by atoms with Gasteiger partial charge in [0.15, 0.2) is 5.82 Å². The molecule has 0 saturated carbocycles. The van der Waals surface area contributed by atoms with Gasteiger partial charge in [0.1, 0.15) is 11.3 Å². The van der Waals surface area contributed by atoms with Gasteiger partial charge in [-0.15, -0.1) is 0 Å². The number of carbonyl (C=O) groups excluding carboxylic acids is 1. The molecule has 0 fully saturated rings. The lowest BCUT2D eigenvalue weighted by molar-refractivity contribution is -0.121. The normalized spacial score (nSPS) is 11.4. The molecule has 0 bridgehead atoms. The van der Waals surface area contributed by atoms with Crippen LogP contribution in [0, 0.1) is 0 Å². The zero-order valence-electron chi connectivity index (χ0n) is 24.6. The topological polar surface area (TPSA) is 85.8 Å². The molecule has 2 aromatic heterocycles. The fourth-order valence-corrected chi connectivity index (χ4v) is 5.43. The standard InChI is InChI=1S/C34H47N5O/c1-3-5-7-8-9-10-11-12-13-19-31(40)36-24-26-20-22-27(23-21-26)25-39-30(18-6-4-2)38-32-33(39)28-16-14-15-17-29(28)37-34(32)35/h14-17,20-23H,3-13,18-19,24-25H2,1-2H3,(H2,35,37)(H,36,40). The zero-order chi connectivity index (χ0) is 28.2. The van der Waals surface area contributed by atoms with Crippen molar-refractivity contribution in [3.05, 3.63) is 65.5 Å². The van der Waals surface area contributed by atoms with Crippen LogP contribution in [-0.4, -0.2) is 20.4 Å². The predicted molar refractivity (Wildman–Crippen MR) is 167 cm³/mol. The molecule has 0 aliphatic heterocycles. The number of unbranched alkanes of at least 4 members (excludes halogenated alkanes) is 9. The number of nitrogens with zero attached hydrogens (tertiary/aromatic N) is 3. The van der Waals surface area contributed by atoms with Crippen molar-refractivity contribution in [2.45, 2.75) is 110 Å². The van der Waals surface area contributed by atoms with E-state index in [1.54, 1.807) is 0 Å². The molecule has 214 valence electrons. The number of aromatic nitrogens is 3. The summed E-state index contributed by atoms with van der Waals surface area (Å²) < 4.78 is 2.31. The van der Waals surface area contributed by atoms with Crippen LogP contribution in [-0.2, 0) is 24.3 Å². The van der Waals surface area contributed by atoms with Crippen molar-refractivity contribution < 1.29 is 4.79 Å². The Morgan fingerprint density at radius 1 is 0.800 bits per heavy atom. The first-order valence-electron chi connectivity index (χ1n) is 15.5. The molecule has 0 aliphatic carbocycles. The lowest BCUT2D eigenvalue weighted by atomic mass is 10.1. The van der Waals surface area contributed by atoms with E-state index >= 15 is 0 Å². The number of imidazole rings is 1. The Morgan fingerprint density at radius 2 is 1.45 bits per heavy atom. The van der Waals surface area contributed by atoms with Gasteiger partial charge < -0.3 is 15.6 Å². The van der Waals surface area contributed by atoms with Crippen LogP contribution in [0.4, 0.5) is 5.82 Å². The number of rotatable bonds is 17. The van der Waals surface area contributed by atoms with Crippen LogP contribution in [0.25, 0.3) is 21.9 Å². The third-order valence-electron chi connectivity index (χ3n) is 7.80. The van der Waals surface area contributed by atoms with Crippen LogP contribution in [0.1, 0.15) is 108 Å². The molecular formula is C34H47N5O. The summed E-state index contributed by atoms with van der Waals surface area (Å²) in [4.78, 5) is 21.9. The highest BCUT2D eigenvalue weighted by Gasteiger charge is 2.17. The van der Waals surface area contributed by atoms with Gasteiger partial charge in [0.2, 0.25) is 5.91 Å². The van der Waals surface area contributed by atoms with E-state index in [1.165, 1.54) is 50.5 Å². The molecule has 0 radical (unpaired) electrons. The fourth-order valence-electron chi connectivity index (χ4n) is 5.43. The number of hydrogen-bond donors (Lipinski definition) is 2. The van der Waals surface area contributed by atoms with Crippen molar-refractivity contribution in [2.24, 2.45) is 0 Å². The van der Waals surface area contributed by atoms with Crippen LogP contribution in [0.5, 0.6) is 0 Å². The number of para-hydroxylation sites is 1. The number of benzene rings is 2. The van der Waals surface area contributed by atoms with Crippen molar-refractivity contribution in [3.8, 4) is 0 Å². The van der Waals surface area contributed by atoms with E-state index in [4.69, 9.17) is 10.7 Å². The molecule has 2 aromatic carbocycles. The Kier molecular flexibility index (Phi) is 11.4.